The molecule has 0 aromatic heterocycles. The van der Waals surface area contributed by atoms with Crippen LogP contribution in [0, 0.1) is 0 Å². The standard InChI is InChI=1S/C10H19NO3/c1-9(12)11-5-3-6-13-8-10-4-2-7-14-10/h10H,2-8H2,1H3,(H,11,12)/t10-/m1/s1. The molecule has 1 heterocycles. The quantitative estimate of drug-likeness (QED) is 0.644. The molecule has 14 heavy (non-hydrogen) atoms. The van der Waals surface area contributed by atoms with Crippen LogP contribution in [0.15, 0.2) is 0 Å². The summed E-state index contributed by atoms with van der Waals surface area (Å²) >= 11 is 0. The van der Waals surface area contributed by atoms with Gasteiger partial charge in [-0.1, -0.05) is 0 Å². The molecule has 1 fully saturated rings. The number of amides is 1. The van der Waals surface area contributed by atoms with Gasteiger partial charge in [0.2, 0.25) is 5.91 Å². The summed E-state index contributed by atoms with van der Waals surface area (Å²) in [4.78, 5) is 10.5. The number of ether oxygens (including phenoxy) is 2. The summed E-state index contributed by atoms with van der Waals surface area (Å²) < 4.78 is 10.8. The monoisotopic (exact) mass is 201 g/mol. The summed E-state index contributed by atoms with van der Waals surface area (Å²) in [6.07, 6.45) is 3.44. The van der Waals surface area contributed by atoms with Gasteiger partial charge >= 0.3 is 0 Å². The minimum absolute atomic E-state index is 0.0177. The van der Waals surface area contributed by atoms with E-state index in [-0.39, 0.29) is 5.91 Å². The van der Waals surface area contributed by atoms with Crippen LogP contribution < -0.4 is 5.32 Å². The Morgan fingerprint density at radius 2 is 2.50 bits per heavy atom. The van der Waals surface area contributed by atoms with Crippen molar-refractivity contribution in [1.29, 1.82) is 0 Å². The number of nitrogens with one attached hydrogen (secondary N) is 1. The molecule has 0 spiro atoms. The minimum Gasteiger partial charge on any atom is -0.379 e. The van der Waals surface area contributed by atoms with E-state index in [1.54, 1.807) is 0 Å². The summed E-state index contributed by atoms with van der Waals surface area (Å²) in [6.45, 7) is 4.48. The van der Waals surface area contributed by atoms with Gasteiger partial charge in [0.05, 0.1) is 12.7 Å². The third kappa shape index (κ3) is 5.19. The Hall–Kier alpha value is -0.610. The highest BCUT2D eigenvalue weighted by Gasteiger charge is 2.14. The maximum absolute atomic E-state index is 10.5. The van der Waals surface area contributed by atoms with Crippen LogP contribution in [0.3, 0.4) is 0 Å². The molecule has 1 atom stereocenters. The van der Waals surface area contributed by atoms with Crippen molar-refractivity contribution in [2.24, 2.45) is 0 Å². The molecule has 0 aromatic carbocycles. The molecule has 0 radical (unpaired) electrons. The van der Waals surface area contributed by atoms with Crippen LogP contribution in [0.5, 0.6) is 0 Å². The van der Waals surface area contributed by atoms with Crippen LogP contribution in [0.4, 0.5) is 0 Å². The SMILES string of the molecule is CC(=O)NCCCOC[C@H]1CCCO1. The largest absolute Gasteiger partial charge is 0.379 e. The summed E-state index contributed by atoms with van der Waals surface area (Å²) in [7, 11) is 0. The first kappa shape index (κ1) is 11.5. The number of hydrogen-bond acceptors (Lipinski definition) is 3. The van der Waals surface area contributed by atoms with E-state index in [0.717, 1.165) is 25.9 Å². The summed E-state index contributed by atoms with van der Waals surface area (Å²) in [5.41, 5.74) is 0. The average Bonchev–Trinajstić information content (AvgIpc) is 2.63. The highest BCUT2D eigenvalue weighted by atomic mass is 16.5. The predicted molar refractivity (Wildman–Crippen MR) is 53.1 cm³/mol. The lowest BCUT2D eigenvalue weighted by Gasteiger charge is -2.09. The van der Waals surface area contributed by atoms with Crippen LogP contribution in [0.2, 0.25) is 0 Å². The second kappa shape index (κ2) is 6.79. The maximum Gasteiger partial charge on any atom is 0.216 e. The van der Waals surface area contributed by atoms with Crippen molar-refractivity contribution in [3.8, 4) is 0 Å². The van der Waals surface area contributed by atoms with E-state index < -0.39 is 0 Å². The summed E-state index contributed by atoms with van der Waals surface area (Å²) in [5, 5.41) is 2.72. The lowest BCUT2D eigenvalue weighted by Crippen LogP contribution is -2.22. The summed E-state index contributed by atoms with van der Waals surface area (Å²) in [5.74, 6) is 0.0177. The van der Waals surface area contributed by atoms with Crippen LogP contribution >= 0.6 is 0 Å². The van der Waals surface area contributed by atoms with Crippen LogP contribution in [-0.4, -0.2) is 38.4 Å². The van der Waals surface area contributed by atoms with E-state index in [2.05, 4.69) is 5.32 Å². The molecule has 0 unspecified atom stereocenters. The third-order valence-corrected chi connectivity index (χ3v) is 2.17. The Bertz CT molecular complexity index is 167. The van der Waals surface area contributed by atoms with E-state index in [1.807, 2.05) is 0 Å². The van der Waals surface area contributed by atoms with Gasteiger partial charge in [-0.15, -0.1) is 0 Å². The normalized spacial score (nSPS) is 21.1. The van der Waals surface area contributed by atoms with Gasteiger partial charge < -0.3 is 14.8 Å². The molecular formula is C10H19NO3. The zero-order chi connectivity index (χ0) is 10.2. The zero-order valence-electron chi connectivity index (χ0n) is 8.75. The molecule has 4 nitrogen and oxygen atoms in total. The Balaban J connectivity index is 1.82. The maximum atomic E-state index is 10.5. The van der Waals surface area contributed by atoms with Crippen molar-refractivity contribution in [1.82, 2.24) is 5.32 Å². The predicted octanol–water partition coefficient (Wildman–Crippen LogP) is 0.708. The first-order valence-corrected chi connectivity index (χ1v) is 5.23. The Morgan fingerprint density at radius 1 is 1.64 bits per heavy atom. The smallest absolute Gasteiger partial charge is 0.216 e. The molecule has 1 N–H and O–H groups in total. The number of carbonyl (C=O) groups is 1. The van der Waals surface area contributed by atoms with Gasteiger partial charge in [0.15, 0.2) is 0 Å². The van der Waals surface area contributed by atoms with E-state index in [4.69, 9.17) is 9.47 Å². The molecule has 0 aliphatic carbocycles. The molecule has 4 heteroatoms. The van der Waals surface area contributed by atoms with Gasteiger partial charge in [0, 0.05) is 26.7 Å². The molecule has 1 aliphatic rings. The lowest BCUT2D eigenvalue weighted by molar-refractivity contribution is -0.119. The van der Waals surface area contributed by atoms with Crippen molar-refractivity contribution < 1.29 is 14.3 Å². The molecule has 1 amide bonds. The van der Waals surface area contributed by atoms with Crippen molar-refractivity contribution >= 4 is 5.91 Å². The first-order valence-electron chi connectivity index (χ1n) is 5.23. The van der Waals surface area contributed by atoms with Crippen molar-refractivity contribution in [3.63, 3.8) is 0 Å². The molecule has 0 aromatic rings. The van der Waals surface area contributed by atoms with Crippen molar-refractivity contribution in [3.05, 3.63) is 0 Å². The molecule has 0 bridgehead atoms. The first-order chi connectivity index (χ1) is 6.79. The fraction of sp³-hybridized carbons (Fsp3) is 0.900. The van der Waals surface area contributed by atoms with Crippen molar-refractivity contribution in [2.75, 3.05) is 26.4 Å². The third-order valence-electron chi connectivity index (χ3n) is 2.17. The van der Waals surface area contributed by atoms with Gasteiger partial charge in [-0.25, -0.2) is 0 Å². The van der Waals surface area contributed by atoms with Gasteiger partial charge in [0.1, 0.15) is 0 Å². The Labute approximate surface area is 85.0 Å². The van der Waals surface area contributed by atoms with Crippen LogP contribution in [0.1, 0.15) is 26.2 Å². The summed E-state index contributed by atoms with van der Waals surface area (Å²) in [6, 6.07) is 0. The topological polar surface area (TPSA) is 47.6 Å². The number of carbonyl (C=O) groups excluding carboxylic acids is 1. The molecule has 82 valence electrons. The second-order valence-electron chi connectivity index (χ2n) is 3.55. The van der Waals surface area contributed by atoms with Crippen LogP contribution in [-0.2, 0) is 14.3 Å². The number of rotatable bonds is 6. The van der Waals surface area contributed by atoms with Gasteiger partial charge in [-0.3, -0.25) is 4.79 Å². The zero-order valence-corrected chi connectivity index (χ0v) is 8.75. The highest BCUT2D eigenvalue weighted by Crippen LogP contribution is 2.11. The molecule has 1 aliphatic heterocycles. The van der Waals surface area contributed by atoms with Gasteiger partial charge in [-0.05, 0) is 19.3 Å². The molecule has 0 saturated carbocycles. The number of hydrogen-bond donors (Lipinski definition) is 1. The molecular weight excluding hydrogens is 182 g/mol. The lowest BCUT2D eigenvalue weighted by atomic mass is 10.2. The van der Waals surface area contributed by atoms with Crippen LogP contribution in [0.25, 0.3) is 0 Å². The van der Waals surface area contributed by atoms with E-state index in [0.29, 0.717) is 25.9 Å². The van der Waals surface area contributed by atoms with Crippen molar-refractivity contribution in [2.45, 2.75) is 32.3 Å². The average molecular weight is 201 g/mol. The fourth-order valence-corrected chi connectivity index (χ4v) is 1.43. The van der Waals surface area contributed by atoms with Gasteiger partial charge in [0.25, 0.3) is 0 Å². The van der Waals surface area contributed by atoms with Gasteiger partial charge in [-0.2, -0.15) is 0 Å². The van der Waals surface area contributed by atoms with E-state index in [1.165, 1.54) is 6.92 Å². The molecule has 1 rings (SSSR count). The highest BCUT2D eigenvalue weighted by molar-refractivity contribution is 5.72. The fourth-order valence-electron chi connectivity index (χ4n) is 1.43. The second-order valence-corrected chi connectivity index (χ2v) is 3.55. The Kier molecular flexibility index (Phi) is 5.56. The Morgan fingerprint density at radius 3 is 3.14 bits per heavy atom. The van der Waals surface area contributed by atoms with E-state index >= 15 is 0 Å². The van der Waals surface area contributed by atoms with E-state index in [9.17, 15) is 4.79 Å². The minimum atomic E-state index is 0.0177. The molecule has 1 saturated heterocycles.